The molecule has 9 heteroatoms. The van der Waals surface area contributed by atoms with E-state index in [0.717, 1.165) is 6.42 Å². The van der Waals surface area contributed by atoms with Gasteiger partial charge in [-0.05, 0) is 31.4 Å². The molecule has 0 saturated carbocycles. The largest absolute Gasteiger partial charge is 0.482 e. The highest BCUT2D eigenvalue weighted by atomic mass is 32.2. The summed E-state index contributed by atoms with van der Waals surface area (Å²) < 4.78 is 31.2. The number of hydrogen-bond donors (Lipinski definition) is 2. The molecule has 0 radical (unpaired) electrons. The van der Waals surface area contributed by atoms with Gasteiger partial charge in [0.25, 0.3) is 0 Å². The highest BCUT2D eigenvalue weighted by molar-refractivity contribution is 7.89. The van der Waals surface area contributed by atoms with E-state index < -0.39 is 34.5 Å². The van der Waals surface area contributed by atoms with E-state index in [4.69, 9.17) is 9.84 Å². The van der Waals surface area contributed by atoms with Gasteiger partial charge in [0.05, 0.1) is 5.75 Å². The number of carboxylic acid groups (broad SMARTS) is 1. The van der Waals surface area contributed by atoms with Crippen molar-refractivity contribution in [1.82, 2.24) is 4.31 Å². The first-order valence-corrected chi connectivity index (χ1v) is 10.2. The smallest absolute Gasteiger partial charge is 0.341 e. The number of aliphatic carboxylic acids is 1. The van der Waals surface area contributed by atoms with Crippen molar-refractivity contribution in [1.29, 1.82) is 0 Å². The van der Waals surface area contributed by atoms with Crippen LogP contribution in [0.1, 0.15) is 32.6 Å². The Kier molecular flexibility index (Phi) is 6.98. The third kappa shape index (κ3) is 5.43. The summed E-state index contributed by atoms with van der Waals surface area (Å²) in [7, 11) is -3.45. The summed E-state index contributed by atoms with van der Waals surface area (Å²) in [5, 5.41) is 11.3. The van der Waals surface area contributed by atoms with Crippen molar-refractivity contribution in [2.24, 2.45) is 0 Å². The summed E-state index contributed by atoms with van der Waals surface area (Å²) >= 11 is 0. The number of carboxylic acids is 1. The molecule has 1 atom stereocenters. The van der Waals surface area contributed by atoms with Crippen LogP contribution in [0.5, 0.6) is 5.75 Å². The van der Waals surface area contributed by atoms with Crippen molar-refractivity contribution in [3.63, 3.8) is 0 Å². The molecule has 1 saturated heterocycles. The fourth-order valence-electron chi connectivity index (χ4n) is 2.81. The van der Waals surface area contributed by atoms with Crippen LogP contribution in [0.2, 0.25) is 0 Å². The van der Waals surface area contributed by atoms with Crippen molar-refractivity contribution in [2.45, 2.75) is 38.6 Å². The zero-order chi connectivity index (χ0) is 19.2. The van der Waals surface area contributed by atoms with Gasteiger partial charge in [0.15, 0.2) is 6.61 Å². The van der Waals surface area contributed by atoms with E-state index >= 15 is 0 Å². The fourth-order valence-corrected chi connectivity index (χ4v) is 4.70. The number of benzene rings is 1. The molecule has 1 fully saturated rings. The molecule has 1 aromatic rings. The molecule has 1 aromatic carbocycles. The standard InChI is InChI=1S/C17H24N2O6S/c1-2-3-10-26(23,24)19-9-5-8-15(19)17(22)18-13-6-4-7-14(11-13)25-12-16(20)21/h4,6-7,11,15H,2-3,5,8-10,12H2,1H3,(H,18,22)(H,20,21). The zero-order valence-electron chi connectivity index (χ0n) is 14.7. The molecule has 2 rings (SSSR count). The summed E-state index contributed by atoms with van der Waals surface area (Å²) in [5.74, 6) is -1.13. The minimum atomic E-state index is -3.45. The van der Waals surface area contributed by atoms with Crippen LogP contribution >= 0.6 is 0 Å². The van der Waals surface area contributed by atoms with Gasteiger partial charge in [-0.3, -0.25) is 4.79 Å². The van der Waals surface area contributed by atoms with Gasteiger partial charge < -0.3 is 15.2 Å². The quantitative estimate of drug-likeness (QED) is 0.670. The summed E-state index contributed by atoms with van der Waals surface area (Å²) in [5.41, 5.74) is 0.427. The molecule has 1 unspecified atom stereocenters. The number of sulfonamides is 1. The minimum Gasteiger partial charge on any atom is -0.482 e. The topological polar surface area (TPSA) is 113 Å². The van der Waals surface area contributed by atoms with Crippen molar-refractivity contribution in [2.75, 3.05) is 24.2 Å². The number of carbonyl (C=O) groups is 2. The SMILES string of the molecule is CCCCS(=O)(=O)N1CCCC1C(=O)Nc1cccc(OCC(=O)O)c1. The number of carbonyl (C=O) groups excluding carboxylic acids is 1. The van der Waals surface area contributed by atoms with Crippen molar-refractivity contribution in [3.05, 3.63) is 24.3 Å². The van der Waals surface area contributed by atoms with E-state index in [0.29, 0.717) is 37.2 Å². The van der Waals surface area contributed by atoms with Crippen LogP contribution in [0.4, 0.5) is 5.69 Å². The van der Waals surface area contributed by atoms with E-state index in [1.54, 1.807) is 18.2 Å². The number of ether oxygens (including phenoxy) is 1. The van der Waals surface area contributed by atoms with Crippen molar-refractivity contribution < 1.29 is 27.9 Å². The second-order valence-corrected chi connectivity index (χ2v) is 8.18. The molecule has 0 bridgehead atoms. The summed E-state index contributed by atoms with van der Waals surface area (Å²) in [6, 6.07) is 5.62. The first-order chi connectivity index (χ1) is 12.3. The number of nitrogens with one attached hydrogen (secondary N) is 1. The zero-order valence-corrected chi connectivity index (χ0v) is 15.5. The number of rotatable bonds is 9. The van der Waals surface area contributed by atoms with Crippen molar-refractivity contribution >= 4 is 27.6 Å². The monoisotopic (exact) mass is 384 g/mol. The van der Waals surface area contributed by atoms with Crippen LogP contribution in [0.3, 0.4) is 0 Å². The van der Waals surface area contributed by atoms with E-state index in [2.05, 4.69) is 5.32 Å². The van der Waals surface area contributed by atoms with Crippen LogP contribution < -0.4 is 10.1 Å². The fraction of sp³-hybridized carbons (Fsp3) is 0.529. The second-order valence-electron chi connectivity index (χ2n) is 6.14. The second kappa shape index (κ2) is 9.00. The Bertz CT molecular complexity index is 749. The Morgan fingerprint density at radius 3 is 2.85 bits per heavy atom. The van der Waals surface area contributed by atoms with Gasteiger partial charge in [0, 0.05) is 18.3 Å². The van der Waals surface area contributed by atoms with Gasteiger partial charge in [0.1, 0.15) is 11.8 Å². The average molecular weight is 384 g/mol. The molecule has 8 nitrogen and oxygen atoms in total. The summed E-state index contributed by atoms with van der Waals surface area (Å²) in [4.78, 5) is 23.1. The Labute approximate surface area is 153 Å². The van der Waals surface area contributed by atoms with E-state index in [1.807, 2.05) is 6.92 Å². The Morgan fingerprint density at radius 2 is 2.15 bits per heavy atom. The van der Waals surface area contributed by atoms with Gasteiger partial charge in [-0.1, -0.05) is 19.4 Å². The maximum absolute atomic E-state index is 12.6. The third-order valence-corrected chi connectivity index (χ3v) is 6.04. The number of hydrogen-bond acceptors (Lipinski definition) is 5. The predicted molar refractivity (Wildman–Crippen MR) is 96.6 cm³/mol. The van der Waals surface area contributed by atoms with Crippen molar-refractivity contribution in [3.8, 4) is 5.75 Å². The lowest BCUT2D eigenvalue weighted by Gasteiger charge is -2.23. The highest BCUT2D eigenvalue weighted by Gasteiger charge is 2.38. The maximum atomic E-state index is 12.6. The molecule has 0 spiro atoms. The number of amides is 1. The molecule has 26 heavy (non-hydrogen) atoms. The van der Waals surface area contributed by atoms with E-state index in [9.17, 15) is 18.0 Å². The van der Waals surface area contributed by atoms with E-state index in [1.165, 1.54) is 10.4 Å². The Hall–Kier alpha value is -2.13. The lowest BCUT2D eigenvalue weighted by atomic mass is 10.2. The van der Waals surface area contributed by atoms with Crippen LogP contribution in [0.15, 0.2) is 24.3 Å². The molecule has 1 amide bonds. The van der Waals surface area contributed by atoms with Crippen LogP contribution in [-0.4, -0.2) is 54.7 Å². The van der Waals surface area contributed by atoms with Gasteiger partial charge in [0.2, 0.25) is 15.9 Å². The van der Waals surface area contributed by atoms with Crippen LogP contribution in [0, 0.1) is 0 Å². The maximum Gasteiger partial charge on any atom is 0.341 e. The molecule has 0 aromatic heterocycles. The van der Waals surface area contributed by atoms with Gasteiger partial charge in [-0.15, -0.1) is 0 Å². The van der Waals surface area contributed by atoms with Crippen LogP contribution in [0.25, 0.3) is 0 Å². The lowest BCUT2D eigenvalue weighted by molar-refractivity contribution is -0.139. The predicted octanol–water partition coefficient (Wildman–Crippen LogP) is 1.68. The molecule has 1 heterocycles. The Morgan fingerprint density at radius 1 is 1.38 bits per heavy atom. The molecular formula is C17H24N2O6S. The van der Waals surface area contributed by atoms with Gasteiger partial charge in [-0.2, -0.15) is 4.31 Å². The number of anilines is 1. The Balaban J connectivity index is 2.04. The minimum absolute atomic E-state index is 0.0474. The summed E-state index contributed by atoms with van der Waals surface area (Å²) in [6.07, 6.45) is 2.46. The number of nitrogens with zero attached hydrogens (tertiary/aromatic N) is 1. The third-order valence-electron chi connectivity index (χ3n) is 4.08. The summed E-state index contributed by atoms with van der Waals surface area (Å²) in [6.45, 7) is 1.79. The lowest BCUT2D eigenvalue weighted by Crippen LogP contribution is -2.44. The van der Waals surface area contributed by atoms with Crippen LogP contribution in [-0.2, 0) is 19.6 Å². The van der Waals surface area contributed by atoms with Gasteiger partial charge in [-0.25, -0.2) is 13.2 Å². The molecule has 0 aliphatic carbocycles. The first kappa shape index (κ1) is 20.2. The number of unbranched alkanes of at least 4 members (excludes halogenated alkanes) is 1. The average Bonchev–Trinajstić information content (AvgIpc) is 3.09. The molecular weight excluding hydrogens is 360 g/mol. The molecule has 2 N–H and O–H groups in total. The van der Waals surface area contributed by atoms with E-state index in [-0.39, 0.29) is 5.75 Å². The molecule has 144 valence electrons. The van der Waals surface area contributed by atoms with Gasteiger partial charge >= 0.3 is 5.97 Å². The molecule has 1 aliphatic heterocycles. The highest BCUT2D eigenvalue weighted by Crippen LogP contribution is 2.24. The normalized spacial score (nSPS) is 17.8. The molecule has 1 aliphatic rings. The first-order valence-electron chi connectivity index (χ1n) is 8.58.